The predicted octanol–water partition coefficient (Wildman–Crippen LogP) is 2.59. The summed E-state index contributed by atoms with van der Waals surface area (Å²) < 4.78 is 0.945. The average molecular weight is 377 g/mol. The molecule has 3 N–H and O–H groups in total. The van der Waals surface area contributed by atoms with E-state index in [-0.39, 0.29) is 12.5 Å². The molecule has 1 aromatic carbocycles. The van der Waals surface area contributed by atoms with Crippen molar-refractivity contribution in [2.45, 2.75) is 13.5 Å². The number of carbonyl (C=O) groups excluding carboxylic acids is 2. The molecule has 1 aromatic heterocycles. The number of nitrogens with zero attached hydrogens (tertiary/aromatic N) is 1. The van der Waals surface area contributed by atoms with Crippen LogP contribution in [0.5, 0.6) is 0 Å². The van der Waals surface area contributed by atoms with Crippen LogP contribution in [0.1, 0.15) is 11.1 Å². The smallest absolute Gasteiger partial charge is 0.315 e. The molecule has 23 heavy (non-hydrogen) atoms. The molecule has 120 valence electrons. The van der Waals surface area contributed by atoms with E-state index in [0.29, 0.717) is 6.54 Å². The molecule has 0 bridgehead atoms. The first kappa shape index (κ1) is 17.0. The molecule has 0 saturated heterocycles. The van der Waals surface area contributed by atoms with Crippen LogP contribution in [0.25, 0.3) is 0 Å². The summed E-state index contributed by atoms with van der Waals surface area (Å²) in [5.41, 5.74) is 2.54. The zero-order valence-electron chi connectivity index (χ0n) is 12.6. The highest BCUT2D eigenvalue weighted by Crippen LogP contribution is 2.19. The van der Waals surface area contributed by atoms with Crippen LogP contribution in [0.15, 0.2) is 47.2 Å². The molecule has 2 rings (SSSR count). The maximum absolute atomic E-state index is 11.9. The minimum atomic E-state index is -0.406. The number of carbonyl (C=O) groups is 2. The quantitative estimate of drug-likeness (QED) is 0.749. The molecule has 0 aliphatic rings. The molecular weight excluding hydrogens is 360 g/mol. The van der Waals surface area contributed by atoms with Crippen LogP contribution in [0, 0.1) is 6.92 Å². The van der Waals surface area contributed by atoms with Gasteiger partial charge in [0.1, 0.15) is 0 Å². The molecule has 0 spiro atoms. The van der Waals surface area contributed by atoms with Gasteiger partial charge in [-0.3, -0.25) is 9.78 Å². The number of hydrogen-bond donors (Lipinski definition) is 3. The normalized spacial score (nSPS) is 10.0. The van der Waals surface area contributed by atoms with Crippen molar-refractivity contribution in [3.8, 4) is 0 Å². The second kappa shape index (κ2) is 8.28. The molecule has 0 saturated carbocycles. The topological polar surface area (TPSA) is 83.1 Å². The molecular formula is C16H17BrN4O2. The number of anilines is 1. The van der Waals surface area contributed by atoms with Gasteiger partial charge in [-0.1, -0.05) is 22.0 Å². The van der Waals surface area contributed by atoms with Gasteiger partial charge in [0.2, 0.25) is 5.91 Å². The fourth-order valence-corrected chi connectivity index (χ4v) is 2.35. The molecule has 0 atom stereocenters. The molecule has 7 heteroatoms. The Morgan fingerprint density at radius 3 is 2.74 bits per heavy atom. The van der Waals surface area contributed by atoms with Gasteiger partial charge in [0.15, 0.2) is 0 Å². The molecule has 0 aliphatic carbocycles. The highest BCUT2D eigenvalue weighted by molar-refractivity contribution is 9.10. The van der Waals surface area contributed by atoms with Crippen molar-refractivity contribution < 1.29 is 9.59 Å². The summed E-state index contributed by atoms with van der Waals surface area (Å²) in [6.45, 7) is 2.15. The number of aromatic nitrogens is 1. The van der Waals surface area contributed by atoms with E-state index in [2.05, 4.69) is 36.9 Å². The highest BCUT2D eigenvalue weighted by atomic mass is 79.9. The molecule has 3 amide bonds. The van der Waals surface area contributed by atoms with E-state index in [0.717, 1.165) is 21.3 Å². The van der Waals surface area contributed by atoms with Crippen LogP contribution >= 0.6 is 15.9 Å². The number of halogens is 1. The lowest BCUT2D eigenvalue weighted by atomic mass is 10.2. The van der Waals surface area contributed by atoms with E-state index in [1.807, 2.05) is 25.1 Å². The van der Waals surface area contributed by atoms with E-state index in [1.54, 1.807) is 24.5 Å². The number of nitrogens with one attached hydrogen (secondary N) is 3. The lowest BCUT2D eigenvalue weighted by molar-refractivity contribution is -0.115. The van der Waals surface area contributed by atoms with E-state index in [1.165, 1.54) is 0 Å². The van der Waals surface area contributed by atoms with Crippen LogP contribution < -0.4 is 16.0 Å². The SMILES string of the molecule is Cc1cc(Br)ccc1NC(=O)CNC(=O)NCc1cccnc1. The lowest BCUT2D eigenvalue weighted by Gasteiger charge is -2.10. The van der Waals surface area contributed by atoms with Gasteiger partial charge in [-0.05, 0) is 42.3 Å². The van der Waals surface area contributed by atoms with Gasteiger partial charge in [0, 0.05) is 29.1 Å². The van der Waals surface area contributed by atoms with E-state index < -0.39 is 6.03 Å². The molecule has 0 fully saturated rings. The maximum Gasteiger partial charge on any atom is 0.315 e. The number of urea groups is 1. The zero-order chi connectivity index (χ0) is 16.7. The van der Waals surface area contributed by atoms with Crippen LogP contribution in [0.3, 0.4) is 0 Å². The minimum Gasteiger partial charge on any atom is -0.334 e. The Morgan fingerprint density at radius 1 is 1.22 bits per heavy atom. The number of aryl methyl sites for hydroxylation is 1. The molecule has 0 aliphatic heterocycles. The van der Waals surface area contributed by atoms with Crippen molar-refractivity contribution in [1.82, 2.24) is 15.6 Å². The number of benzene rings is 1. The largest absolute Gasteiger partial charge is 0.334 e. The van der Waals surface area contributed by atoms with Gasteiger partial charge < -0.3 is 16.0 Å². The number of hydrogen-bond acceptors (Lipinski definition) is 3. The standard InChI is InChI=1S/C16H17BrN4O2/c1-11-7-13(17)4-5-14(11)21-15(22)10-20-16(23)19-9-12-3-2-6-18-8-12/h2-8H,9-10H2,1H3,(H,21,22)(H2,19,20,23). The summed E-state index contributed by atoms with van der Waals surface area (Å²) in [6, 6.07) is 8.80. The number of pyridine rings is 1. The van der Waals surface area contributed by atoms with Crippen molar-refractivity contribution in [2.75, 3.05) is 11.9 Å². The van der Waals surface area contributed by atoms with Crippen molar-refractivity contribution >= 4 is 33.6 Å². The summed E-state index contributed by atoms with van der Waals surface area (Å²) in [6.07, 6.45) is 3.33. The van der Waals surface area contributed by atoms with Gasteiger partial charge in [-0.2, -0.15) is 0 Å². The zero-order valence-corrected chi connectivity index (χ0v) is 14.2. The van der Waals surface area contributed by atoms with Gasteiger partial charge in [-0.15, -0.1) is 0 Å². The van der Waals surface area contributed by atoms with Gasteiger partial charge in [0.25, 0.3) is 0 Å². The predicted molar refractivity (Wildman–Crippen MR) is 92.0 cm³/mol. The van der Waals surface area contributed by atoms with Gasteiger partial charge in [-0.25, -0.2) is 4.79 Å². The summed E-state index contributed by atoms with van der Waals surface area (Å²) >= 11 is 3.37. The van der Waals surface area contributed by atoms with Crippen LogP contribution in [-0.2, 0) is 11.3 Å². The Hall–Kier alpha value is -2.41. The third kappa shape index (κ3) is 5.71. The average Bonchev–Trinajstić information content (AvgIpc) is 2.54. The number of amides is 3. The van der Waals surface area contributed by atoms with Crippen molar-refractivity contribution in [2.24, 2.45) is 0 Å². The lowest BCUT2D eigenvalue weighted by Crippen LogP contribution is -2.39. The van der Waals surface area contributed by atoms with Gasteiger partial charge >= 0.3 is 6.03 Å². The summed E-state index contributed by atoms with van der Waals surface area (Å²) in [4.78, 5) is 27.5. The fourth-order valence-electron chi connectivity index (χ4n) is 1.87. The first-order valence-electron chi connectivity index (χ1n) is 7.01. The summed E-state index contributed by atoms with van der Waals surface area (Å²) in [5, 5.41) is 7.93. The third-order valence-corrected chi connectivity index (χ3v) is 3.54. The Bertz CT molecular complexity index is 692. The monoisotopic (exact) mass is 376 g/mol. The molecule has 0 unspecified atom stereocenters. The van der Waals surface area contributed by atoms with Crippen molar-refractivity contribution in [3.63, 3.8) is 0 Å². The van der Waals surface area contributed by atoms with Crippen molar-refractivity contribution in [1.29, 1.82) is 0 Å². The molecule has 1 heterocycles. The maximum atomic E-state index is 11.9. The van der Waals surface area contributed by atoms with Gasteiger partial charge in [0.05, 0.1) is 6.54 Å². The number of rotatable bonds is 5. The highest BCUT2D eigenvalue weighted by Gasteiger charge is 2.07. The molecule has 2 aromatic rings. The van der Waals surface area contributed by atoms with E-state index in [4.69, 9.17) is 0 Å². The molecule has 6 nitrogen and oxygen atoms in total. The second-order valence-corrected chi connectivity index (χ2v) is 5.82. The van der Waals surface area contributed by atoms with Crippen molar-refractivity contribution in [3.05, 3.63) is 58.3 Å². The minimum absolute atomic E-state index is 0.103. The summed E-state index contributed by atoms with van der Waals surface area (Å²) in [5.74, 6) is -0.285. The Morgan fingerprint density at radius 2 is 2.04 bits per heavy atom. The Labute approximate surface area is 142 Å². The first-order chi connectivity index (χ1) is 11.0. The molecule has 0 radical (unpaired) electrons. The second-order valence-electron chi connectivity index (χ2n) is 4.90. The van der Waals surface area contributed by atoms with Crippen LogP contribution in [0.2, 0.25) is 0 Å². The summed E-state index contributed by atoms with van der Waals surface area (Å²) in [7, 11) is 0. The van der Waals surface area contributed by atoms with E-state index in [9.17, 15) is 9.59 Å². The Balaban J connectivity index is 1.74. The third-order valence-electron chi connectivity index (χ3n) is 3.05. The first-order valence-corrected chi connectivity index (χ1v) is 7.80. The van der Waals surface area contributed by atoms with Crippen LogP contribution in [0.4, 0.5) is 10.5 Å². The fraction of sp³-hybridized carbons (Fsp3) is 0.188. The van der Waals surface area contributed by atoms with E-state index >= 15 is 0 Å². The van der Waals surface area contributed by atoms with Crippen LogP contribution in [-0.4, -0.2) is 23.5 Å². The Kier molecular flexibility index (Phi) is 6.10.